The molecule has 1 unspecified atom stereocenters. The smallest absolute Gasteiger partial charge is 0.177 e. The third kappa shape index (κ3) is 2.99. The summed E-state index contributed by atoms with van der Waals surface area (Å²) in [5.41, 5.74) is 1.41. The molecule has 17 heavy (non-hydrogen) atoms. The first kappa shape index (κ1) is 12.8. The van der Waals surface area contributed by atoms with Crippen LogP contribution >= 0.6 is 12.2 Å². The summed E-state index contributed by atoms with van der Waals surface area (Å²) in [5, 5.41) is 0. The molecule has 0 spiro atoms. The van der Waals surface area contributed by atoms with Gasteiger partial charge in [-0.1, -0.05) is 20.8 Å². The molecule has 3 nitrogen and oxygen atoms in total. The standard InChI is InChI=1S/C13H22N2OS/c1-13(2,3)11-7-14-12(17)15(11)8-10-5-4-6-16-9-10/h7,10H,4-6,8-9H2,1-3H3,(H,14,17). The van der Waals surface area contributed by atoms with E-state index in [-0.39, 0.29) is 5.41 Å². The molecule has 2 heterocycles. The Labute approximate surface area is 108 Å². The molecule has 2 rings (SSSR count). The van der Waals surface area contributed by atoms with Crippen molar-refractivity contribution in [1.82, 2.24) is 9.55 Å². The Morgan fingerprint density at radius 2 is 2.29 bits per heavy atom. The zero-order valence-corrected chi connectivity index (χ0v) is 11.8. The number of rotatable bonds is 2. The van der Waals surface area contributed by atoms with Crippen molar-refractivity contribution in [2.45, 2.75) is 45.6 Å². The molecular weight excluding hydrogens is 232 g/mol. The summed E-state index contributed by atoms with van der Waals surface area (Å²) in [6.07, 6.45) is 4.47. The zero-order valence-electron chi connectivity index (χ0n) is 11.0. The topological polar surface area (TPSA) is 29.9 Å². The third-order valence-corrected chi connectivity index (χ3v) is 3.67. The third-order valence-electron chi connectivity index (χ3n) is 3.33. The second-order valence-corrected chi connectivity index (χ2v) is 6.31. The van der Waals surface area contributed by atoms with Crippen LogP contribution in [0.2, 0.25) is 0 Å². The zero-order chi connectivity index (χ0) is 12.5. The number of aromatic nitrogens is 2. The molecular formula is C13H22N2OS. The van der Waals surface area contributed by atoms with Crippen LogP contribution in [-0.2, 0) is 16.7 Å². The predicted molar refractivity (Wildman–Crippen MR) is 71.9 cm³/mol. The van der Waals surface area contributed by atoms with Gasteiger partial charge >= 0.3 is 0 Å². The molecule has 1 fully saturated rings. The quantitative estimate of drug-likeness (QED) is 0.821. The Kier molecular flexibility index (Phi) is 3.73. The van der Waals surface area contributed by atoms with E-state index in [2.05, 4.69) is 30.3 Å². The van der Waals surface area contributed by atoms with Gasteiger partial charge in [0.15, 0.2) is 4.77 Å². The highest BCUT2D eigenvalue weighted by Gasteiger charge is 2.22. The molecule has 1 saturated heterocycles. The molecule has 1 aromatic heterocycles. The van der Waals surface area contributed by atoms with E-state index < -0.39 is 0 Å². The molecule has 1 aliphatic rings. The van der Waals surface area contributed by atoms with Gasteiger partial charge in [-0.3, -0.25) is 0 Å². The van der Waals surface area contributed by atoms with Gasteiger partial charge in [-0.15, -0.1) is 0 Å². The van der Waals surface area contributed by atoms with Crippen molar-refractivity contribution >= 4 is 12.2 Å². The summed E-state index contributed by atoms with van der Waals surface area (Å²) in [6, 6.07) is 0. The van der Waals surface area contributed by atoms with Crippen LogP contribution in [0.25, 0.3) is 0 Å². The van der Waals surface area contributed by atoms with Crippen molar-refractivity contribution in [3.63, 3.8) is 0 Å². The largest absolute Gasteiger partial charge is 0.381 e. The van der Waals surface area contributed by atoms with Crippen LogP contribution in [0.1, 0.15) is 39.3 Å². The summed E-state index contributed by atoms with van der Waals surface area (Å²) >= 11 is 5.38. The Morgan fingerprint density at radius 1 is 1.53 bits per heavy atom. The van der Waals surface area contributed by atoms with Gasteiger partial charge in [-0.2, -0.15) is 0 Å². The molecule has 0 aliphatic carbocycles. The maximum atomic E-state index is 5.54. The number of ether oxygens (including phenoxy) is 1. The number of imidazole rings is 1. The van der Waals surface area contributed by atoms with Crippen LogP contribution < -0.4 is 0 Å². The monoisotopic (exact) mass is 254 g/mol. The number of nitrogens with one attached hydrogen (secondary N) is 1. The minimum Gasteiger partial charge on any atom is -0.381 e. The highest BCUT2D eigenvalue weighted by Crippen LogP contribution is 2.24. The SMILES string of the molecule is CC(C)(C)c1c[nH]c(=S)n1CC1CCCOC1. The summed E-state index contributed by atoms with van der Waals surface area (Å²) in [7, 11) is 0. The second-order valence-electron chi connectivity index (χ2n) is 5.92. The summed E-state index contributed by atoms with van der Waals surface area (Å²) < 4.78 is 8.62. The molecule has 1 aliphatic heterocycles. The van der Waals surface area contributed by atoms with Crippen molar-refractivity contribution in [2.24, 2.45) is 5.92 Å². The summed E-state index contributed by atoms with van der Waals surface area (Å²) in [5.74, 6) is 0.604. The van der Waals surface area contributed by atoms with Crippen LogP contribution in [0.5, 0.6) is 0 Å². The van der Waals surface area contributed by atoms with E-state index in [4.69, 9.17) is 17.0 Å². The highest BCUT2D eigenvalue weighted by atomic mass is 32.1. The van der Waals surface area contributed by atoms with E-state index in [1.165, 1.54) is 18.5 Å². The van der Waals surface area contributed by atoms with Crippen molar-refractivity contribution in [2.75, 3.05) is 13.2 Å². The van der Waals surface area contributed by atoms with Crippen molar-refractivity contribution in [3.8, 4) is 0 Å². The second kappa shape index (κ2) is 4.94. The minimum absolute atomic E-state index is 0.128. The van der Waals surface area contributed by atoms with Crippen LogP contribution in [0.4, 0.5) is 0 Å². The van der Waals surface area contributed by atoms with Crippen LogP contribution in [0, 0.1) is 10.7 Å². The molecule has 0 aromatic carbocycles. The number of aromatic amines is 1. The Hall–Kier alpha value is -0.610. The average molecular weight is 254 g/mol. The van der Waals surface area contributed by atoms with E-state index in [9.17, 15) is 0 Å². The first-order valence-electron chi connectivity index (χ1n) is 6.35. The molecule has 0 bridgehead atoms. The van der Waals surface area contributed by atoms with Gasteiger partial charge in [0.2, 0.25) is 0 Å². The van der Waals surface area contributed by atoms with Crippen LogP contribution in [0.3, 0.4) is 0 Å². The normalized spacial score (nSPS) is 21.7. The molecule has 4 heteroatoms. The van der Waals surface area contributed by atoms with Gasteiger partial charge in [0, 0.05) is 36.4 Å². The average Bonchev–Trinajstić information content (AvgIpc) is 2.62. The molecule has 96 valence electrons. The van der Waals surface area contributed by atoms with Gasteiger partial charge in [-0.25, -0.2) is 0 Å². The molecule has 0 radical (unpaired) electrons. The summed E-state index contributed by atoms with van der Waals surface area (Å²) in [6.45, 7) is 9.43. The van der Waals surface area contributed by atoms with Crippen molar-refractivity contribution in [3.05, 3.63) is 16.7 Å². The first-order chi connectivity index (χ1) is 7.98. The van der Waals surface area contributed by atoms with E-state index in [0.717, 1.165) is 24.5 Å². The Morgan fingerprint density at radius 3 is 2.88 bits per heavy atom. The molecule has 1 N–H and O–H groups in total. The van der Waals surface area contributed by atoms with Gasteiger partial charge in [-0.05, 0) is 25.1 Å². The lowest BCUT2D eigenvalue weighted by Gasteiger charge is -2.26. The number of H-pyrrole nitrogens is 1. The molecule has 0 saturated carbocycles. The number of nitrogens with zero attached hydrogens (tertiary/aromatic N) is 1. The minimum atomic E-state index is 0.128. The van der Waals surface area contributed by atoms with Crippen LogP contribution in [0.15, 0.2) is 6.20 Å². The fraction of sp³-hybridized carbons (Fsp3) is 0.769. The van der Waals surface area contributed by atoms with Gasteiger partial charge in [0.25, 0.3) is 0 Å². The lowest BCUT2D eigenvalue weighted by Crippen LogP contribution is -2.25. The first-order valence-corrected chi connectivity index (χ1v) is 6.76. The highest BCUT2D eigenvalue weighted by molar-refractivity contribution is 7.71. The lowest BCUT2D eigenvalue weighted by atomic mass is 9.92. The van der Waals surface area contributed by atoms with Gasteiger partial charge < -0.3 is 14.3 Å². The predicted octanol–water partition coefficient (Wildman–Crippen LogP) is 3.27. The maximum absolute atomic E-state index is 5.54. The van der Waals surface area contributed by atoms with E-state index >= 15 is 0 Å². The fourth-order valence-electron chi connectivity index (χ4n) is 2.41. The molecule has 0 amide bonds. The number of hydrogen-bond donors (Lipinski definition) is 1. The Balaban J connectivity index is 2.19. The fourth-order valence-corrected chi connectivity index (χ4v) is 2.64. The van der Waals surface area contributed by atoms with Gasteiger partial charge in [0.1, 0.15) is 0 Å². The molecule has 1 atom stereocenters. The number of hydrogen-bond acceptors (Lipinski definition) is 2. The van der Waals surface area contributed by atoms with Crippen LogP contribution in [-0.4, -0.2) is 22.8 Å². The molecule has 1 aromatic rings. The summed E-state index contributed by atoms with van der Waals surface area (Å²) in [4.78, 5) is 3.17. The van der Waals surface area contributed by atoms with Crippen molar-refractivity contribution < 1.29 is 4.74 Å². The maximum Gasteiger partial charge on any atom is 0.177 e. The lowest BCUT2D eigenvalue weighted by molar-refractivity contribution is 0.0476. The van der Waals surface area contributed by atoms with Crippen molar-refractivity contribution in [1.29, 1.82) is 0 Å². The van der Waals surface area contributed by atoms with Gasteiger partial charge in [0.05, 0.1) is 6.61 Å². The van der Waals surface area contributed by atoms with E-state index in [1.807, 2.05) is 6.20 Å². The van der Waals surface area contributed by atoms with E-state index in [0.29, 0.717) is 5.92 Å². The Bertz CT molecular complexity index is 421. The van der Waals surface area contributed by atoms with E-state index in [1.54, 1.807) is 0 Å².